The van der Waals surface area contributed by atoms with Crippen molar-refractivity contribution in [3.05, 3.63) is 91.0 Å². The van der Waals surface area contributed by atoms with Crippen molar-refractivity contribution in [2.24, 2.45) is 17.8 Å². The lowest BCUT2D eigenvalue weighted by atomic mass is 9.95. The van der Waals surface area contributed by atoms with Crippen LogP contribution in [0.1, 0.15) is 12.8 Å². The molecule has 1 saturated carbocycles. The van der Waals surface area contributed by atoms with Crippen LogP contribution in [0.15, 0.2) is 91.0 Å². The maximum atomic E-state index is 10.9. The normalized spacial score (nSPS) is 20.5. The molecule has 0 aliphatic heterocycles. The van der Waals surface area contributed by atoms with Gasteiger partial charge in [0.05, 0.1) is 12.2 Å². The lowest BCUT2D eigenvalue weighted by Gasteiger charge is -2.18. The van der Waals surface area contributed by atoms with E-state index in [1.54, 1.807) is 6.07 Å². The van der Waals surface area contributed by atoms with Crippen molar-refractivity contribution in [2.45, 2.75) is 12.8 Å². The van der Waals surface area contributed by atoms with Gasteiger partial charge in [0.15, 0.2) is 17.5 Å². The van der Waals surface area contributed by atoms with Crippen LogP contribution >= 0.6 is 0 Å². The highest BCUT2D eigenvalue weighted by Crippen LogP contribution is 2.43. The molecule has 1 N–H and O–H groups in total. The van der Waals surface area contributed by atoms with Crippen molar-refractivity contribution in [1.29, 1.82) is 0 Å². The van der Waals surface area contributed by atoms with Crippen LogP contribution in [-0.2, 0) is 0 Å². The largest absolute Gasteiger partial charge is 0.507 e. The molecule has 5 heteroatoms. The van der Waals surface area contributed by atoms with Crippen molar-refractivity contribution >= 4 is 0 Å². The second kappa shape index (κ2) is 8.75. The molecule has 168 valence electrons. The average Bonchev–Trinajstić information content (AvgIpc) is 3.52. The summed E-state index contributed by atoms with van der Waals surface area (Å²) >= 11 is 0. The number of hydrogen-bond donors (Lipinski definition) is 1. The number of phenols is 1. The van der Waals surface area contributed by atoms with Crippen molar-refractivity contribution in [1.82, 2.24) is 15.0 Å². The Hall–Kier alpha value is -3.99. The number of nitrogens with zero attached hydrogens (tertiary/aromatic N) is 3. The van der Waals surface area contributed by atoms with Crippen molar-refractivity contribution in [3.8, 4) is 45.7 Å². The van der Waals surface area contributed by atoms with Gasteiger partial charge in [-0.15, -0.1) is 0 Å². The van der Waals surface area contributed by atoms with Gasteiger partial charge in [-0.1, -0.05) is 72.8 Å². The molecule has 1 fully saturated rings. The molecule has 0 spiro atoms. The quantitative estimate of drug-likeness (QED) is 0.358. The van der Waals surface area contributed by atoms with E-state index in [4.69, 9.17) is 19.7 Å². The van der Waals surface area contributed by atoms with E-state index in [2.05, 4.69) is 12.2 Å². The molecule has 2 bridgehead atoms. The second-order valence-corrected chi connectivity index (χ2v) is 9.07. The maximum Gasteiger partial charge on any atom is 0.167 e. The van der Waals surface area contributed by atoms with Gasteiger partial charge in [0.1, 0.15) is 11.5 Å². The van der Waals surface area contributed by atoms with E-state index in [1.165, 1.54) is 12.8 Å². The topological polar surface area (TPSA) is 68.1 Å². The number of allylic oxidation sites excluding steroid dienone is 2. The van der Waals surface area contributed by atoms with E-state index < -0.39 is 0 Å². The van der Waals surface area contributed by atoms with E-state index >= 15 is 0 Å². The molecule has 4 aromatic rings. The van der Waals surface area contributed by atoms with Gasteiger partial charge < -0.3 is 9.84 Å². The molecule has 0 amide bonds. The van der Waals surface area contributed by atoms with Crippen LogP contribution < -0.4 is 4.74 Å². The van der Waals surface area contributed by atoms with E-state index in [0.717, 1.165) is 17.0 Å². The summed E-state index contributed by atoms with van der Waals surface area (Å²) < 4.78 is 6.05. The molecule has 3 atom stereocenters. The van der Waals surface area contributed by atoms with E-state index in [9.17, 15) is 5.11 Å². The molecule has 3 aromatic carbocycles. The highest BCUT2D eigenvalue weighted by Gasteiger charge is 2.35. The van der Waals surface area contributed by atoms with Gasteiger partial charge in [0.2, 0.25) is 0 Å². The van der Waals surface area contributed by atoms with Crippen LogP contribution in [0.25, 0.3) is 34.2 Å². The number of aromatic nitrogens is 3. The Morgan fingerprint density at radius 1 is 0.735 bits per heavy atom. The SMILES string of the molecule is Oc1cc(OCC2CC3C=CC2C3)ccc1-c1nc(-c2ccccc2)nc(-c2ccccc2)n1. The Kier molecular flexibility index (Phi) is 5.30. The summed E-state index contributed by atoms with van der Waals surface area (Å²) in [6.45, 7) is 0.673. The molecule has 6 rings (SSSR count). The average molecular weight is 448 g/mol. The van der Waals surface area contributed by atoms with Crippen molar-refractivity contribution in [3.63, 3.8) is 0 Å². The predicted octanol–water partition coefficient (Wildman–Crippen LogP) is 6.17. The van der Waals surface area contributed by atoms with Gasteiger partial charge in [0, 0.05) is 17.2 Å². The molecule has 3 unspecified atom stereocenters. The lowest BCUT2D eigenvalue weighted by molar-refractivity contribution is 0.227. The first-order valence-corrected chi connectivity index (χ1v) is 11.7. The third kappa shape index (κ3) is 4.05. The summed E-state index contributed by atoms with van der Waals surface area (Å²) in [7, 11) is 0. The standard InChI is InChI=1S/C29H25N3O2/c33-26-17-24(34-18-23-16-19-11-12-22(23)15-19)13-14-25(26)29-31-27(20-7-3-1-4-8-20)30-28(32-29)21-9-5-2-6-10-21/h1-14,17,19,22-23,33H,15-16,18H2. The second-order valence-electron chi connectivity index (χ2n) is 9.07. The fraction of sp³-hybridized carbons (Fsp3) is 0.207. The summed E-state index contributed by atoms with van der Waals surface area (Å²) in [4.78, 5) is 14.1. The van der Waals surface area contributed by atoms with Crippen molar-refractivity contribution in [2.75, 3.05) is 6.61 Å². The molecule has 1 aromatic heterocycles. The van der Waals surface area contributed by atoms with Gasteiger partial charge in [-0.25, -0.2) is 15.0 Å². The predicted molar refractivity (Wildman–Crippen MR) is 132 cm³/mol. The summed E-state index contributed by atoms with van der Waals surface area (Å²) in [6, 6.07) is 25.0. The summed E-state index contributed by atoms with van der Waals surface area (Å²) in [6.07, 6.45) is 7.12. The third-order valence-corrected chi connectivity index (χ3v) is 6.79. The zero-order valence-corrected chi connectivity index (χ0v) is 18.7. The van der Waals surface area contributed by atoms with E-state index in [1.807, 2.05) is 72.8 Å². The molecular formula is C29H25N3O2. The number of hydrogen-bond acceptors (Lipinski definition) is 5. The Labute approximate surface area is 198 Å². The first-order chi connectivity index (χ1) is 16.7. The minimum Gasteiger partial charge on any atom is -0.507 e. The molecule has 1 heterocycles. The first-order valence-electron chi connectivity index (χ1n) is 11.7. The zero-order chi connectivity index (χ0) is 22.9. The number of aromatic hydroxyl groups is 1. The minimum atomic E-state index is 0.0922. The first kappa shape index (κ1) is 20.6. The number of benzene rings is 3. The fourth-order valence-electron chi connectivity index (χ4n) is 5.01. The number of phenolic OH excluding ortho intramolecular Hbond substituents is 1. The molecule has 0 radical (unpaired) electrons. The highest BCUT2D eigenvalue weighted by molar-refractivity contribution is 5.70. The Bertz CT molecular complexity index is 1280. The molecule has 34 heavy (non-hydrogen) atoms. The minimum absolute atomic E-state index is 0.0922. The molecular weight excluding hydrogens is 422 g/mol. The molecule has 2 aliphatic rings. The van der Waals surface area contributed by atoms with Gasteiger partial charge in [-0.3, -0.25) is 0 Å². The van der Waals surface area contributed by atoms with Gasteiger partial charge >= 0.3 is 0 Å². The molecule has 5 nitrogen and oxygen atoms in total. The van der Waals surface area contributed by atoms with Crippen LogP contribution in [-0.4, -0.2) is 26.7 Å². The molecule has 2 aliphatic carbocycles. The number of ether oxygens (including phenoxy) is 1. The summed E-state index contributed by atoms with van der Waals surface area (Å²) in [5.74, 6) is 4.22. The molecule has 0 saturated heterocycles. The Morgan fingerprint density at radius 3 is 1.94 bits per heavy atom. The van der Waals surface area contributed by atoms with Crippen molar-refractivity contribution < 1.29 is 9.84 Å². The smallest absolute Gasteiger partial charge is 0.167 e. The number of rotatable bonds is 6. The fourth-order valence-corrected chi connectivity index (χ4v) is 5.01. The maximum absolute atomic E-state index is 10.9. The van der Waals surface area contributed by atoms with Crippen LogP contribution in [0.2, 0.25) is 0 Å². The Morgan fingerprint density at radius 2 is 1.38 bits per heavy atom. The summed E-state index contributed by atoms with van der Waals surface area (Å²) in [5.41, 5.74) is 2.33. The van der Waals surface area contributed by atoms with Crippen LogP contribution in [0.3, 0.4) is 0 Å². The van der Waals surface area contributed by atoms with E-state index in [0.29, 0.717) is 47.2 Å². The highest BCUT2D eigenvalue weighted by atomic mass is 16.5. The van der Waals surface area contributed by atoms with Gasteiger partial charge in [-0.05, 0) is 42.7 Å². The van der Waals surface area contributed by atoms with Gasteiger partial charge in [0.25, 0.3) is 0 Å². The van der Waals surface area contributed by atoms with Crippen LogP contribution in [0.4, 0.5) is 0 Å². The lowest BCUT2D eigenvalue weighted by Crippen LogP contribution is -2.16. The Balaban J connectivity index is 1.31. The number of fused-ring (bicyclic) bond motifs is 2. The van der Waals surface area contributed by atoms with Crippen LogP contribution in [0.5, 0.6) is 11.5 Å². The van der Waals surface area contributed by atoms with E-state index in [-0.39, 0.29) is 5.75 Å². The monoisotopic (exact) mass is 447 g/mol. The summed E-state index contributed by atoms with van der Waals surface area (Å²) in [5, 5.41) is 10.9. The zero-order valence-electron chi connectivity index (χ0n) is 18.7. The third-order valence-electron chi connectivity index (χ3n) is 6.79. The van der Waals surface area contributed by atoms with Crippen LogP contribution in [0, 0.1) is 17.8 Å². The van der Waals surface area contributed by atoms with Gasteiger partial charge in [-0.2, -0.15) is 0 Å².